The van der Waals surface area contributed by atoms with Gasteiger partial charge in [0.05, 0.1) is 6.04 Å². The fourth-order valence-electron chi connectivity index (χ4n) is 3.16. The number of carbonyl (C=O) groups is 3. The van der Waals surface area contributed by atoms with Crippen LogP contribution in [0.5, 0.6) is 0 Å². The molecule has 0 bridgehead atoms. The largest absolute Gasteiger partial charge is 0.450 e. The van der Waals surface area contributed by atoms with Gasteiger partial charge in [-0.15, -0.1) is 0 Å². The molecule has 1 aliphatic carbocycles. The summed E-state index contributed by atoms with van der Waals surface area (Å²) in [6.45, 7) is 1.43. The normalized spacial score (nSPS) is 15.7. The smallest absolute Gasteiger partial charge is 0.380 e. The van der Waals surface area contributed by atoms with Gasteiger partial charge in [0.15, 0.2) is 6.61 Å². The number of ether oxygens (including phenoxy) is 1. The first-order valence-corrected chi connectivity index (χ1v) is 8.70. The molecule has 0 aromatic heterocycles. The molecular formula is C21H21NO4. The lowest BCUT2D eigenvalue weighted by Crippen LogP contribution is -2.35. The van der Waals surface area contributed by atoms with E-state index in [1.165, 1.54) is 5.56 Å². The van der Waals surface area contributed by atoms with Crippen LogP contribution in [0.15, 0.2) is 48.5 Å². The van der Waals surface area contributed by atoms with Crippen LogP contribution in [0.2, 0.25) is 0 Å². The molecule has 0 saturated carbocycles. The summed E-state index contributed by atoms with van der Waals surface area (Å²) in [6.07, 6.45) is 2.84. The van der Waals surface area contributed by atoms with Crippen LogP contribution in [0.4, 0.5) is 0 Å². The van der Waals surface area contributed by atoms with Gasteiger partial charge in [-0.05, 0) is 37.3 Å². The summed E-state index contributed by atoms with van der Waals surface area (Å²) in [5.74, 6) is -2.18. The summed E-state index contributed by atoms with van der Waals surface area (Å²) in [6, 6.07) is 14.5. The molecule has 3 rings (SSSR count). The molecule has 1 amide bonds. The van der Waals surface area contributed by atoms with Gasteiger partial charge in [0, 0.05) is 5.56 Å². The Morgan fingerprint density at radius 3 is 2.58 bits per heavy atom. The zero-order valence-electron chi connectivity index (χ0n) is 14.7. The van der Waals surface area contributed by atoms with Gasteiger partial charge in [-0.1, -0.05) is 54.1 Å². The Morgan fingerprint density at radius 2 is 1.81 bits per heavy atom. The average Bonchev–Trinajstić information content (AvgIpc) is 2.66. The van der Waals surface area contributed by atoms with Crippen molar-refractivity contribution in [3.05, 3.63) is 70.8 Å². The number of hydrogen-bond acceptors (Lipinski definition) is 4. The maximum Gasteiger partial charge on any atom is 0.380 e. The van der Waals surface area contributed by atoms with E-state index in [9.17, 15) is 14.4 Å². The van der Waals surface area contributed by atoms with Crippen LogP contribution < -0.4 is 5.32 Å². The van der Waals surface area contributed by atoms with Gasteiger partial charge in [-0.2, -0.15) is 0 Å². The zero-order chi connectivity index (χ0) is 18.5. The number of aryl methyl sites for hydroxylation is 2. The molecule has 0 fully saturated rings. The van der Waals surface area contributed by atoms with Gasteiger partial charge in [0.2, 0.25) is 0 Å². The highest BCUT2D eigenvalue weighted by Gasteiger charge is 2.23. The molecule has 26 heavy (non-hydrogen) atoms. The molecule has 1 atom stereocenters. The van der Waals surface area contributed by atoms with E-state index < -0.39 is 24.3 Å². The number of carbonyl (C=O) groups excluding carboxylic acids is 3. The van der Waals surface area contributed by atoms with E-state index >= 15 is 0 Å². The number of amides is 1. The number of hydrogen-bond donors (Lipinski definition) is 1. The minimum atomic E-state index is -1.02. The van der Waals surface area contributed by atoms with Crippen molar-refractivity contribution in [2.75, 3.05) is 6.61 Å². The summed E-state index contributed by atoms with van der Waals surface area (Å²) < 4.78 is 4.88. The Labute approximate surface area is 152 Å². The molecule has 5 nitrogen and oxygen atoms in total. The SMILES string of the molecule is Cc1ccc(C(=O)C(=O)OCC(=O)NC2CCCc3ccccc32)cc1. The summed E-state index contributed by atoms with van der Waals surface area (Å²) in [4.78, 5) is 36.0. The maximum absolute atomic E-state index is 12.1. The van der Waals surface area contributed by atoms with E-state index in [1.54, 1.807) is 24.3 Å². The number of Topliss-reactive ketones (excluding diaryl/α,β-unsaturated/α-hetero) is 1. The quantitative estimate of drug-likeness (QED) is 0.511. The third-order valence-corrected chi connectivity index (χ3v) is 4.54. The van der Waals surface area contributed by atoms with Gasteiger partial charge >= 0.3 is 5.97 Å². The van der Waals surface area contributed by atoms with Gasteiger partial charge < -0.3 is 10.1 Å². The summed E-state index contributed by atoms with van der Waals surface area (Å²) in [5, 5.41) is 2.89. The van der Waals surface area contributed by atoms with Crippen molar-refractivity contribution in [1.82, 2.24) is 5.32 Å². The molecule has 1 N–H and O–H groups in total. The standard InChI is InChI=1S/C21H21NO4/c1-14-9-11-16(12-10-14)20(24)21(25)26-13-19(23)22-18-8-4-6-15-5-2-3-7-17(15)18/h2-3,5,7,9-12,18H,4,6,8,13H2,1H3,(H,22,23). The van der Waals surface area contributed by atoms with Crippen molar-refractivity contribution < 1.29 is 19.1 Å². The minimum Gasteiger partial charge on any atom is -0.450 e. The van der Waals surface area contributed by atoms with Crippen molar-refractivity contribution in [1.29, 1.82) is 0 Å². The molecule has 1 unspecified atom stereocenters. The van der Waals surface area contributed by atoms with E-state index in [0.717, 1.165) is 30.4 Å². The second kappa shape index (κ2) is 7.95. The molecule has 134 valence electrons. The lowest BCUT2D eigenvalue weighted by atomic mass is 9.88. The predicted molar refractivity (Wildman–Crippen MR) is 96.7 cm³/mol. The highest BCUT2D eigenvalue weighted by molar-refractivity contribution is 6.40. The third kappa shape index (κ3) is 4.17. The number of benzene rings is 2. The maximum atomic E-state index is 12.1. The van der Waals surface area contributed by atoms with Crippen LogP contribution in [-0.4, -0.2) is 24.3 Å². The fourth-order valence-corrected chi connectivity index (χ4v) is 3.16. The summed E-state index contributed by atoms with van der Waals surface area (Å²) in [7, 11) is 0. The van der Waals surface area contributed by atoms with Crippen LogP contribution in [0.25, 0.3) is 0 Å². The second-order valence-electron chi connectivity index (χ2n) is 6.48. The monoisotopic (exact) mass is 351 g/mol. The third-order valence-electron chi connectivity index (χ3n) is 4.54. The molecule has 0 saturated heterocycles. The molecule has 1 aliphatic rings. The van der Waals surface area contributed by atoms with Crippen LogP contribution in [-0.2, 0) is 20.7 Å². The van der Waals surface area contributed by atoms with Crippen molar-refractivity contribution >= 4 is 17.7 Å². The zero-order valence-corrected chi connectivity index (χ0v) is 14.7. The molecule has 5 heteroatoms. The Morgan fingerprint density at radius 1 is 1.08 bits per heavy atom. The van der Waals surface area contributed by atoms with Crippen LogP contribution >= 0.6 is 0 Å². The first-order chi connectivity index (χ1) is 12.5. The van der Waals surface area contributed by atoms with Crippen LogP contribution in [0, 0.1) is 6.92 Å². The molecular weight excluding hydrogens is 330 g/mol. The summed E-state index contributed by atoms with van der Waals surface area (Å²) in [5.41, 5.74) is 3.58. The predicted octanol–water partition coefficient (Wildman–Crippen LogP) is 2.91. The van der Waals surface area contributed by atoms with E-state index in [0.29, 0.717) is 0 Å². The van der Waals surface area contributed by atoms with E-state index in [4.69, 9.17) is 4.74 Å². The van der Waals surface area contributed by atoms with Gasteiger partial charge in [0.1, 0.15) is 0 Å². The number of ketones is 1. The van der Waals surface area contributed by atoms with Crippen LogP contribution in [0.3, 0.4) is 0 Å². The number of rotatable bonds is 5. The van der Waals surface area contributed by atoms with Crippen molar-refractivity contribution in [3.63, 3.8) is 0 Å². The van der Waals surface area contributed by atoms with Crippen molar-refractivity contribution in [3.8, 4) is 0 Å². The molecule has 0 heterocycles. The minimum absolute atomic E-state index is 0.0843. The van der Waals surface area contributed by atoms with Crippen LogP contribution in [0.1, 0.15) is 45.9 Å². The Bertz CT molecular complexity index is 826. The number of nitrogens with one attached hydrogen (secondary N) is 1. The van der Waals surface area contributed by atoms with Gasteiger partial charge in [0.25, 0.3) is 11.7 Å². The molecule has 0 spiro atoms. The lowest BCUT2D eigenvalue weighted by molar-refractivity contribution is -0.144. The van der Waals surface area contributed by atoms with Crippen molar-refractivity contribution in [2.45, 2.75) is 32.2 Å². The fraction of sp³-hybridized carbons (Fsp3) is 0.286. The van der Waals surface area contributed by atoms with E-state index in [2.05, 4.69) is 11.4 Å². The highest BCUT2D eigenvalue weighted by Crippen LogP contribution is 2.29. The molecule has 2 aromatic carbocycles. The number of esters is 1. The molecule has 0 aliphatic heterocycles. The van der Waals surface area contributed by atoms with Gasteiger partial charge in [-0.25, -0.2) is 4.79 Å². The van der Waals surface area contributed by atoms with Crippen molar-refractivity contribution in [2.24, 2.45) is 0 Å². The Balaban J connectivity index is 1.54. The van der Waals surface area contributed by atoms with E-state index in [1.807, 2.05) is 25.1 Å². The summed E-state index contributed by atoms with van der Waals surface area (Å²) >= 11 is 0. The Hall–Kier alpha value is -2.95. The van der Waals surface area contributed by atoms with Gasteiger partial charge in [-0.3, -0.25) is 9.59 Å². The average molecular weight is 351 g/mol. The molecule has 0 radical (unpaired) electrons. The first kappa shape index (κ1) is 17.9. The first-order valence-electron chi connectivity index (χ1n) is 8.70. The number of fused-ring (bicyclic) bond motifs is 1. The Kier molecular flexibility index (Phi) is 5.46. The topological polar surface area (TPSA) is 72.5 Å². The second-order valence-corrected chi connectivity index (χ2v) is 6.48. The van der Waals surface area contributed by atoms with E-state index in [-0.39, 0.29) is 11.6 Å². The molecule has 2 aromatic rings. The lowest BCUT2D eigenvalue weighted by Gasteiger charge is -2.26. The highest BCUT2D eigenvalue weighted by atomic mass is 16.5.